The Morgan fingerprint density at radius 1 is 0.771 bits per heavy atom. The molecule has 2 aliphatic rings. The minimum absolute atomic E-state index is 0.270. The van der Waals surface area contributed by atoms with E-state index < -0.39 is 48.9 Å². The molecule has 0 bridgehead atoms. The van der Waals surface area contributed by atoms with Crippen molar-refractivity contribution in [1.82, 2.24) is 0 Å². The molecule has 1 aliphatic carbocycles. The number of aliphatic hydroxyl groups is 5. The molecular weight excluding hydrogens is 456 g/mol. The molecule has 1 fully saturated rings. The third kappa shape index (κ3) is 3.14. The zero-order valence-corrected chi connectivity index (χ0v) is 18.1. The van der Waals surface area contributed by atoms with Crippen LogP contribution in [0.5, 0.6) is 5.75 Å². The van der Waals surface area contributed by atoms with Gasteiger partial charge in [-0.05, 0) is 50.2 Å². The van der Waals surface area contributed by atoms with Crippen molar-refractivity contribution >= 4 is 38.3 Å². The van der Waals surface area contributed by atoms with Crippen LogP contribution in [0.2, 0.25) is 0 Å². The van der Waals surface area contributed by atoms with Gasteiger partial charge in [0, 0.05) is 5.39 Å². The second-order valence-electron chi connectivity index (χ2n) is 8.99. The lowest BCUT2D eigenvalue weighted by Gasteiger charge is -2.38. The molecule has 6 rings (SSSR count). The van der Waals surface area contributed by atoms with Crippen molar-refractivity contribution < 1.29 is 44.9 Å². The van der Waals surface area contributed by atoms with Gasteiger partial charge in [-0.15, -0.1) is 0 Å². The first-order valence-corrected chi connectivity index (χ1v) is 11.1. The third-order valence-corrected chi connectivity index (χ3v) is 7.02. The van der Waals surface area contributed by atoms with Crippen LogP contribution >= 0.6 is 0 Å². The molecular formula is C26H22O9. The van der Waals surface area contributed by atoms with Gasteiger partial charge in [0.15, 0.2) is 6.10 Å². The number of hydrogen-bond donors (Lipinski definition) is 6. The number of aliphatic carboxylic acids is 1. The topological polar surface area (TPSA) is 157 Å². The Hall–Kier alpha value is -3.31. The lowest BCUT2D eigenvalue weighted by Crippen LogP contribution is -2.61. The molecule has 7 atom stereocenters. The number of fused-ring (bicyclic) bond motifs is 4. The smallest absolute Gasteiger partial charge is 0.335 e. The van der Waals surface area contributed by atoms with Crippen LogP contribution in [0.1, 0.15) is 23.3 Å². The van der Waals surface area contributed by atoms with E-state index in [4.69, 9.17) is 9.47 Å². The van der Waals surface area contributed by atoms with E-state index in [-0.39, 0.29) is 5.75 Å². The SMILES string of the molecule is O=C(O)[C@H]1O[C@@H](Oc2cccc3c2ccc2c4c5c(cccc5cc23)C(O)C4O)[C@H](O)[C@@H](O)[C@@H]1O. The molecule has 4 aromatic rings. The molecule has 1 saturated heterocycles. The molecule has 0 amide bonds. The zero-order chi connectivity index (χ0) is 24.6. The van der Waals surface area contributed by atoms with E-state index in [9.17, 15) is 35.4 Å². The number of carboxylic acids is 1. The van der Waals surface area contributed by atoms with Gasteiger partial charge in [-0.3, -0.25) is 0 Å². The molecule has 9 heteroatoms. The van der Waals surface area contributed by atoms with E-state index in [0.29, 0.717) is 16.5 Å². The van der Waals surface area contributed by atoms with Crippen LogP contribution in [0.4, 0.5) is 0 Å². The summed E-state index contributed by atoms with van der Waals surface area (Å²) < 4.78 is 11.1. The number of rotatable bonds is 3. The number of carboxylic acid groups (broad SMARTS) is 1. The van der Waals surface area contributed by atoms with Crippen molar-refractivity contribution in [3.8, 4) is 5.75 Å². The van der Waals surface area contributed by atoms with Gasteiger partial charge in [0.1, 0.15) is 36.3 Å². The molecule has 9 nitrogen and oxygen atoms in total. The van der Waals surface area contributed by atoms with E-state index in [1.807, 2.05) is 30.3 Å². The Morgan fingerprint density at radius 2 is 1.51 bits per heavy atom. The second kappa shape index (κ2) is 7.85. The normalized spacial score (nSPS) is 30.3. The van der Waals surface area contributed by atoms with Crippen LogP contribution in [0, 0.1) is 0 Å². The van der Waals surface area contributed by atoms with Crippen molar-refractivity contribution in [1.29, 1.82) is 0 Å². The Balaban J connectivity index is 1.49. The second-order valence-corrected chi connectivity index (χ2v) is 8.99. The fourth-order valence-corrected chi connectivity index (χ4v) is 5.31. The van der Waals surface area contributed by atoms with E-state index in [2.05, 4.69) is 0 Å². The molecule has 180 valence electrons. The van der Waals surface area contributed by atoms with Crippen LogP contribution in [-0.2, 0) is 9.53 Å². The van der Waals surface area contributed by atoms with Crippen LogP contribution in [0.15, 0.2) is 54.6 Å². The van der Waals surface area contributed by atoms with Crippen molar-refractivity contribution in [2.24, 2.45) is 0 Å². The highest BCUT2D eigenvalue weighted by atomic mass is 16.7. The number of ether oxygens (including phenoxy) is 2. The molecule has 4 aromatic carbocycles. The van der Waals surface area contributed by atoms with Crippen molar-refractivity contribution in [2.75, 3.05) is 0 Å². The average Bonchev–Trinajstić information content (AvgIpc) is 3.11. The Labute approximate surface area is 198 Å². The standard InChI is InChI=1S/C26H22O9/c27-19-14-5-1-3-10-9-15-11-4-2-6-16(12(11)7-8-13(15)18(17(10)14)20(19)28)34-26-23(31)21(29)22(30)24(35-26)25(32)33/h1-9,19-24,26-31H,(H,32,33)/t19?,20?,21-,22-,23+,24-,26+/m0/s1. The van der Waals surface area contributed by atoms with Crippen molar-refractivity contribution in [3.63, 3.8) is 0 Å². The molecule has 1 heterocycles. The van der Waals surface area contributed by atoms with Crippen LogP contribution in [-0.4, -0.2) is 67.3 Å². The van der Waals surface area contributed by atoms with Crippen LogP contribution in [0.3, 0.4) is 0 Å². The van der Waals surface area contributed by atoms with Crippen molar-refractivity contribution in [3.05, 3.63) is 65.7 Å². The van der Waals surface area contributed by atoms with Crippen LogP contribution in [0.25, 0.3) is 32.3 Å². The first-order valence-electron chi connectivity index (χ1n) is 11.1. The largest absolute Gasteiger partial charge is 0.479 e. The highest BCUT2D eigenvalue weighted by Gasteiger charge is 2.48. The fourth-order valence-electron chi connectivity index (χ4n) is 5.31. The third-order valence-electron chi connectivity index (χ3n) is 7.02. The van der Waals surface area contributed by atoms with Gasteiger partial charge in [0.2, 0.25) is 6.29 Å². The monoisotopic (exact) mass is 478 g/mol. The Bertz CT molecular complexity index is 1500. The first-order chi connectivity index (χ1) is 16.8. The van der Waals surface area contributed by atoms with Gasteiger partial charge in [0.05, 0.1) is 0 Å². The van der Waals surface area contributed by atoms with Crippen molar-refractivity contribution in [2.45, 2.75) is 42.9 Å². The summed E-state index contributed by atoms with van der Waals surface area (Å²) in [5.74, 6) is -1.22. The quantitative estimate of drug-likeness (QED) is 0.190. The number of benzene rings is 4. The van der Waals surface area contributed by atoms with E-state index >= 15 is 0 Å². The molecule has 0 aromatic heterocycles. The van der Waals surface area contributed by atoms with Gasteiger partial charge in [-0.1, -0.05) is 42.5 Å². The highest BCUT2D eigenvalue weighted by Crippen LogP contribution is 2.48. The summed E-state index contributed by atoms with van der Waals surface area (Å²) in [6.45, 7) is 0. The molecule has 1 aliphatic heterocycles. The van der Waals surface area contributed by atoms with Gasteiger partial charge in [-0.25, -0.2) is 4.79 Å². The number of carbonyl (C=O) groups is 1. The average molecular weight is 478 g/mol. The molecule has 0 radical (unpaired) electrons. The summed E-state index contributed by atoms with van der Waals surface area (Å²) in [4.78, 5) is 11.4. The summed E-state index contributed by atoms with van der Waals surface area (Å²) in [5.41, 5.74) is 1.34. The lowest BCUT2D eigenvalue weighted by atomic mass is 9.93. The zero-order valence-electron chi connectivity index (χ0n) is 18.1. The minimum Gasteiger partial charge on any atom is -0.479 e. The fraction of sp³-hybridized carbons (Fsp3) is 0.269. The van der Waals surface area contributed by atoms with E-state index in [0.717, 1.165) is 26.9 Å². The maximum absolute atomic E-state index is 11.4. The summed E-state index contributed by atoms with van der Waals surface area (Å²) in [6.07, 6.45) is -10.7. The van der Waals surface area contributed by atoms with Gasteiger partial charge in [0.25, 0.3) is 0 Å². The predicted molar refractivity (Wildman–Crippen MR) is 124 cm³/mol. The summed E-state index contributed by atoms with van der Waals surface area (Å²) >= 11 is 0. The molecule has 0 spiro atoms. The summed E-state index contributed by atoms with van der Waals surface area (Å²) in [7, 11) is 0. The van der Waals surface area contributed by atoms with E-state index in [1.165, 1.54) is 0 Å². The number of aliphatic hydroxyl groups excluding tert-OH is 5. The molecule has 6 N–H and O–H groups in total. The van der Waals surface area contributed by atoms with Gasteiger partial charge >= 0.3 is 5.97 Å². The number of hydrogen-bond acceptors (Lipinski definition) is 8. The van der Waals surface area contributed by atoms with Crippen LogP contribution < -0.4 is 4.74 Å². The maximum atomic E-state index is 11.4. The highest BCUT2D eigenvalue weighted by molar-refractivity contribution is 6.16. The Kier molecular flexibility index (Phi) is 4.98. The molecule has 35 heavy (non-hydrogen) atoms. The Morgan fingerprint density at radius 3 is 2.29 bits per heavy atom. The van der Waals surface area contributed by atoms with Gasteiger partial charge in [-0.2, -0.15) is 0 Å². The maximum Gasteiger partial charge on any atom is 0.335 e. The minimum atomic E-state index is -1.81. The lowest BCUT2D eigenvalue weighted by molar-refractivity contribution is -0.270. The van der Waals surface area contributed by atoms with E-state index in [1.54, 1.807) is 24.3 Å². The molecule has 0 saturated carbocycles. The predicted octanol–water partition coefficient (Wildman–Crippen LogP) is 1.50. The van der Waals surface area contributed by atoms with Gasteiger partial charge < -0.3 is 40.1 Å². The molecule has 2 unspecified atom stereocenters. The first kappa shape index (κ1) is 22.2. The summed E-state index contributed by atoms with van der Waals surface area (Å²) in [5, 5.41) is 65.7. The summed E-state index contributed by atoms with van der Waals surface area (Å²) in [6, 6.07) is 16.3.